The number of nitriles is 1. The Morgan fingerprint density at radius 3 is 2.86 bits per heavy atom. The van der Waals surface area contributed by atoms with Crippen LogP contribution in [0.2, 0.25) is 0 Å². The van der Waals surface area contributed by atoms with Crippen LogP contribution >= 0.6 is 11.3 Å². The van der Waals surface area contributed by atoms with E-state index in [2.05, 4.69) is 21.4 Å². The number of nitrogens with one attached hydrogen (secondary N) is 1. The van der Waals surface area contributed by atoms with Crippen molar-refractivity contribution in [1.29, 1.82) is 5.26 Å². The highest BCUT2D eigenvalue weighted by Crippen LogP contribution is 2.39. The van der Waals surface area contributed by atoms with Crippen molar-refractivity contribution in [1.82, 2.24) is 9.97 Å². The molecular weight excluding hydrogens is 292 g/mol. The van der Waals surface area contributed by atoms with Crippen LogP contribution in [0.15, 0.2) is 30.6 Å². The highest BCUT2D eigenvalue weighted by Gasteiger charge is 2.21. The number of nitrogens with zero attached hydrogens (tertiary/aromatic N) is 3. The van der Waals surface area contributed by atoms with Crippen molar-refractivity contribution in [2.45, 2.75) is 25.7 Å². The van der Waals surface area contributed by atoms with Gasteiger partial charge >= 0.3 is 0 Å². The molecule has 2 heterocycles. The van der Waals surface area contributed by atoms with Crippen LogP contribution in [-0.4, -0.2) is 9.97 Å². The van der Waals surface area contributed by atoms with Crippen LogP contribution in [0.5, 0.6) is 0 Å². The van der Waals surface area contributed by atoms with Crippen LogP contribution in [0.1, 0.15) is 22.4 Å². The molecule has 0 atom stereocenters. The van der Waals surface area contributed by atoms with Crippen molar-refractivity contribution >= 4 is 33.1 Å². The Bertz CT molecular complexity index is 874. The average Bonchev–Trinajstić information content (AvgIpc) is 3.10. The topological polar surface area (TPSA) is 61.6 Å². The molecule has 2 aromatic heterocycles. The lowest BCUT2D eigenvalue weighted by atomic mass is 10.1. The monoisotopic (exact) mass is 306 g/mol. The number of benzene rings is 1. The normalized spacial score (nSPS) is 13.0. The minimum atomic E-state index is 0.441. The molecule has 108 valence electrons. The maximum atomic E-state index is 8.73. The van der Waals surface area contributed by atoms with Crippen LogP contribution in [0, 0.1) is 11.3 Å². The number of fused-ring (bicyclic) bond motifs is 3. The van der Waals surface area contributed by atoms with E-state index in [0.29, 0.717) is 6.42 Å². The predicted molar refractivity (Wildman–Crippen MR) is 88.5 cm³/mol. The van der Waals surface area contributed by atoms with Gasteiger partial charge in [-0.25, -0.2) is 9.97 Å². The van der Waals surface area contributed by atoms with Crippen LogP contribution in [-0.2, 0) is 19.3 Å². The molecule has 1 aliphatic carbocycles. The van der Waals surface area contributed by atoms with Crippen LogP contribution in [0.3, 0.4) is 0 Å². The zero-order valence-corrected chi connectivity index (χ0v) is 12.8. The standard InChI is InChI=1S/C17H14N4S/c18-9-8-11-4-6-12(7-5-11)21-16-15-13-2-1-3-14(13)22-17(15)20-10-19-16/h4-7,10H,1-3,8H2,(H,19,20,21). The number of hydrogen-bond acceptors (Lipinski definition) is 5. The number of aromatic nitrogens is 2. The fraction of sp³-hybridized carbons (Fsp3) is 0.235. The molecule has 1 aliphatic rings. The maximum absolute atomic E-state index is 8.73. The van der Waals surface area contributed by atoms with E-state index in [9.17, 15) is 0 Å². The first-order chi connectivity index (χ1) is 10.8. The molecule has 5 heteroatoms. The third-order valence-electron chi connectivity index (χ3n) is 4.00. The molecule has 0 fully saturated rings. The summed E-state index contributed by atoms with van der Waals surface area (Å²) in [4.78, 5) is 11.4. The Labute approximate surface area is 132 Å². The van der Waals surface area contributed by atoms with Gasteiger partial charge in [0.1, 0.15) is 17.0 Å². The van der Waals surface area contributed by atoms with E-state index in [1.807, 2.05) is 24.3 Å². The molecule has 4 nitrogen and oxygen atoms in total. The van der Waals surface area contributed by atoms with Crippen LogP contribution in [0.25, 0.3) is 10.2 Å². The highest BCUT2D eigenvalue weighted by atomic mass is 32.1. The number of anilines is 2. The van der Waals surface area contributed by atoms with Gasteiger partial charge in [-0.05, 0) is 42.5 Å². The molecule has 22 heavy (non-hydrogen) atoms. The summed E-state index contributed by atoms with van der Waals surface area (Å²) in [5, 5.41) is 13.3. The summed E-state index contributed by atoms with van der Waals surface area (Å²) < 4.78 is 0. The maximum Gasteiger partial charge on any atom is 0.142 e. The summed E-state index contributed by atoms with van der Waals surface area (Å²) in [5.74, 6) is 0.887. The van der Waals surface area contributed by atoms with Gasteiger partial charge in [-0.15, -0.1) is 11.3 Å². The number of rotatable bonds is 3. The van der Waals surface area contributed by atoms with Crippen molar-refractivity contribution in [2.75, 3.05) is 5.32 Å². The van der Waals surface area contributed by atoms with E-state index in [4.69, 9.17) is 5.26 Å². The summed E-state index contributed by atoms with van der Waals surface area (Å²) in [6.45, 7) is 0. The Kier molecular flexibility index (Phi) is 3.24. The molecule has 0 amide bonds. The molecule has 0 saturated heterocycles. The molecule has 0 aliphatic heterocycles. The highest BCUT2D eigenvalue weighted by molar-refractivity contribution is 7.19. The number of aryl methyl sites for hydroxylation is 2. The van der Waals surface area contributed by atoms with Gasteiger partial charge in [0.2, 0.25) is 0 Å². The van der Waals surface area contributed by atoms with Gasteiger partial charge in [0.25, 0.3) is 0 Å². The fourth-order valence-electron chi connectivity index (χ4n) is 2.96. The number of thiophene rings is 1. The second-order valence-electron chi connectivity index (χ2n) is 5.42. The molecule has 0 spiro atoms. The zero-order chi connectivity index (χ0) is 14.9. The van der Waals surface area contributed by atoms with E-state index in [0.717, 1.165) is 28.3 Å². The van der Waals surface area contributed by atoms with Crippen molar-refractivity contribution in [2.24, 2.45) is 0 Å². The second-order valence-corrected chi connectivity index (χ2v) is 6.50. The molecule has 0 radical (unpaired) electrons. The molecule has 4 rings (SSSR count). The summed E-state index contributed by atoms with van der Waals surface area (Å²) >= 11 is 1.79. The third kappa shape index (κ3) is 2.22. The average molecular weight is 306 g/mol. The lowest BCUT2D eigenvalue weighted by Gasteiger charge is -2.08. The molecule has 3 aromatic rings. The van der Waals surface area contributed by atoms with Gasteiger partial charge in [0.05, 0.1) is 17.9 Å². The van der Waals surface area contributed by atoms with Gasteiger partial charge in [0, 0.05) is 10.6 Å². The fourth-order valence-corrected chi connectivity index (χ4v) is 4.19. The minimum Gasteiger partial charge on any atom is -0.340 e. The largest absolute Gasteiger partial charge is 0.340 e. The van der Waals surface area contributed by atoms with Gasteiger partial charge < -0.3 is 5.32 Å². The minimum absolute atomic E-state index is 0.441. The van der Waals surface area contributed by atoms with E-state index >= 15 is 0 Å². The molecule has 1 aromatic carbocycles. The summed E-state index contributed by atoms with van der Waals surface area (Å²) in [6, 6.07) is 10.1. The Morgan fingerprint density at radius 1 is 1.18 bits per heavy atom. The first kappa shape index (κ1) is 13.2. The van der Waals surface area contributed by atoms with Crippen molar-refractivity contribution in [3.05, 3.63) is 46.6 Å². The summed E-state index contributed by atoms with van der Waals surface area (Å²) in [7, 11) is 0. The quantitative estimate of drug-likeness (QED) is 0.794. The van der Waals surface area contributed by atoms with Crippen molar-refractivity contribution < 1.29 is 0 Å². The second kappa shape index (κ2) is 5.39. The van der Waals surface area contributed by atoms with Gasteiger partial charge in [-0.2, -0.15) is 5.26 Å². The zero-order valence-electron chi connectivity index (χ0n) is 12.0. The SMILES string of the molecule is N#CCc1ccc(Nc2ncnc3sc4c(c23)CCC4)cc1. The summed E-state index contributed by atoms with van der Waals surface area (Å²) in [5.41, 5.74) is 3.43. The van der Waals surface area contributed by atoms with Gasteiger partial charge in [0.15, 0.2) is 0 Å². The smallest absolute Gasteiger partial charge is 0.142 e. The Morgan fingerprint density at radius 2 is 2.05 bits per heavy atom. The van der Waals surface area contributed by atoms with Crippen LogP contribution in [0.4, 0.5) is 11.5 Å². The van der Waals surface area contributed by atoms with E-state index < -0.39 is 0 Å². The van der Waals surface area contributed by atoms with Gasteiger partial charge in [-0.3, -0.25) is 0 Å². The predicted octanol–water partition coefficient (Wildman–Crippen LogP) is 3.99. The lowest BCUT2D eigenvalue weighted by molar-refractivity contribution is 0.917. The Hall–Kier alpha value is -2.45. The first-order valence-electron chi connectivity index (χ1n) is 7.33. The van der Waals surface area contributed by atoms with E-state index in [-0.39, 0.29) is 0 Å². The first-order valence-corrected chi connectivity index (χ1v) is 8.15. The lowest BCUT2D eigenvalue weighted by Crippen LogP contribution is -1.96. The molecular formula is C17H14N4S. The van der Waals surface area contributed by atoms with Crippen LogP contribution < -0.4 is 5.32 Å². The molecule has 0 saturated carbocycles. The third-order valence-corrected chi connectivity index (χ3v) is 5.20. The summed E-state index contributed by atoms with van der Waals surface area (Å²) in [6.07, 6.45) is 5.59. The van der Waals surface area contributed by atoms with E-state index in [1.54, 1.807) is 17.7 Å². The molecule has 0 bridgehead atoms. The Balaban J connectivity index is 1.71. The van der Waals surface area contributed by atoms with E-state index in [1.165, 1.54) is 28.7 Å². The van der Waals surface area contributed by atoms with Gasteiger partial charge in [-0.1, -0.05) is 12.1 Å². The molecule has 1 N–H and O–H groups in total. The van der Waals surface area contributed by atoms with Crippen molar-refractivity contribution in [3.63, 3.8) is 0 Å². The van der Waals surface area contributed by atoms with Crippen molar-refractivity contribution in [3.8, 4) is 6.07 Å². The number of hydrogen-bond donors (Lipinski definition) is 1. The molecule has 0 unspecified atom stereocenters.